The predicted octanol–water partition coefficient (Wildman–Crippen LogP) is 2.12. The van der Waals surface area contributed by atoms with Crippen molar-refractivity contribution in [2.24, 2.45) is 0 Å². The molecule has 0 aliphatic rings. The van der Waals surface area contributed by atoms with Crippen LogP contribution < -0.4 is 0 Å². The van der Waals surface area contributed by atoms with Crippen molar-refractivity contribution in [3.05, 3.63) is 29.5 Å². The van der Waals surface area contributed by atoms with Crippen molar-refractivity contribution in [3.63, 3.8) is 0 Å². The minimum Gasteiger partial charge on any atom is -0.249 e. The Hall–Kier alpha value is -1.78. The van der Waals surface area contributed by atoms with Crippen LogP contribution in [0.3, 0.4) is 0 Å². The topological polar surface area (TPSA) is 43.6 Å². The number of nitrogens with zero attached hydrogens (tertiary/aromatic N) is 4. The van der Waals surface area contributed by atoms with E-state index in [1.807, 2.05) is 13.8 Å². The van der Waals surface area contributed by atoms with Gasteiger partial charge in [0.05, 0.1) is 11.4 Å². The maximum Gasteiger partial charge on any atom is 0.213 e. The smallest absolute Gasteiger partial charge is 0.213 e. The summed E-state index contributed by atoms with van der Waals surface area (Å²) in [5.41, 5.74) is 3.20. The lowest BCUT2D eigenvalue weighted by molar-refractivity contribution is 0.580. The number of aryl methyl sites for hydroxylation is 2. The molecule has 5 heteroatoms. The van der Waals surface area contributed by atoms with Gasteiger partial charge in [0, 0.05) is 12.1 Å². The van der Waals surface area contributed by atoms with E-state index in [0.717, 1.165) is 23.5 Å². The van der Waals surface area contributed by atoms with E-state index in [9.17, 15) is 4.39 Å². The highest BCUT2D eigenvalue weighted by Gasteiger charge is 2.12. The molecule has 0 saturated carbocycles. The Balaban J connectivity index is 2.54. The molecule has 0 radical (unpaired) electrons. The standard InChI is InChI=1S/C11H13FN4/c1-4-16-8(3)11(14-15-16)9-5-6-10(12)13-7(9)2/h5-6H,4H2,1-3H3. The summed E-state index contributed by atoms with van der Waals surface area (Å²) in [6, 6.07) is 3.03. The number of rotatable bonds is 2. The number of pyridine rings is 1. The molecule has 4 nitrogen and oxygen atoms in total. The lowest BCUT2D eigenvalue weighted by Gasteiger charge is -2.03. The minimum absolute atomic E-state index is 0.471. The Morgan fingerprint density at radius 3 is 2.62 bits per heavy atom. The van der Waals surface area contributed by atoms with E-state index < -0.39 is 5.95 Å². The maximum atomic E-state index is 12.9. The summed E-state index contributed by atoms with van der Waals surface area (Å²) < 4.78 is 14.7. The zero-order chi connectivity index (χ0) is 11.7. The summed E-state index contributed by atoms with van der Waals surface area (Å²) in [5.74, 6) is -0.471. The van der Waals surface area contributed by atoms with E-state index in [1.54, 1.807) is 17.7 Å². The first-order valence-corrected chi connectivity index (χ1v) is 5.17. The quantitative estimate of drug-likeness (QED) is 0.728. The fourth-order valence-corrected chi connectivity index (χ4v) is 1.69. The Morgan fingerprint density at radius 2 is 2.06 bits per heavy atom. The second-order valence-corrected chi connectivity index (χ2v) is 3.61. The third-order valence-electron chi connectivity index (χ3n) is 2.59. The minimum atomic E-state index is -0.471. The van der Waals surface area contributed by atoms with Gasteiger partial charge in [0.15, 0.2) is 0 Å². The highest BCUT2D eigenvalue weighted by Crippen LogP contribution is 2.22. The zero-order valence-electron chi connectivity index (χ0n) is 9.53. The van der Waals surface area contributed by atoms with E-state index in [2.05, 4.69) is 15.3 Å². The second-order valence-electron chi connectivity index (χ2n) is 3.61. The molecule has 2 rings (SSSR count). The average molecular weight is 220 g/mol. The molecule has 0 bridgehead atoms. The van der Waals surface area contributed by atoms with Crippen molar-refractivity contribution in [2.75, 3.05) is 0 Å². The Kier molecular flexibility index (Phi) is 2.68. The van der Waals surface area contributed by atoms with Gasteiger partial charge in [-0.2, -0.15) is 4.39 Å². The first kappa shape index (κ1) is 10.7. The molecule has 0 N–H and O–H groups in total. The fourth-order valence-electron chi connectivity index (χ4n) is 1.69. The van der Waals surface area contributed by atoms with Gasteiger partial charge in [-0.15, -0.1) is 5.10 Å². The molecular formula is C11H13FN4. The molecule has 0 fully saturated rings. The summed E-state index contributed by atoms with van der Waals surface area (Å²) in [4.78, 5) is 3.78. The normalized spacial score (nSPS) is 10.8. The fraction of sp³-hybridized carbons (Fsp3) is 0.364. The molecule has 0 unspecified atom stereocenters. The van der Waals surface area contributed by atoms with Crippen LogP contribution in [0.25, 0.3) is 11.3 Å². The summed E-state index contributed by atoms with van der Waals surface area (Å²) in [5, 5.41) is 8.12. The van der Waals surface area contributed by atoms with Gasteiger partial charge in [-0.25, -0.2) is 9.67 Å². The van der Waals surface area contributed by atoms with Crippen molar-refractivity contribution < 1.29 is 4.39 Å². The second kappa shape index (κ2) is 4.00. The van der Waals surface area contributed by atoms with E-state index in [0.29, 0.717) is 5.69 Å². The van der Waals surface area contributed by atoms with E-state index in [1.165, 1.54) is 6.07 Å². The molecular weight excluding hydrogens is 207 g/mol. The monoisotopic (exact) mass is 220 g/mol. The van der Waals surface area contributed by atoms with Crippen LogP contribution in [0.4, 0.5) is 4.39 Å². The first-order chi connectivity index (χ1) is 7.63. The first-order valence-electron chi connectivity index (χ1n) is 5.17. The van der Waals surface area contributed by atoms with Gasteiger partial charge in [0.25, 0.3) is 0 Å². The number of aromatic nitrogens is 4. The Labute approximate surface area is 93.1 Å². The molecule has 0 aliphatic heterocycles. The third kappa shape index (κ3) is 1.68. The molecule has 2 heterocycles. The third-order valence-corrected chi connectivity index (χ3v) is 2.59. The molecule has 2 aromatic heterocycles. The molecule has 0 spiro atoms. The summed E-state index contributed by atoms with van der Waals surface area (Å²) in [7, 11) is 0. The van der Waals surface area contributed by atoms with Crippen LogP contribution in [-0.4, -0.2) is 20.0 Å². The lowest BCUT2D eigenvalue weighted by Crippen LogP contribution is -1.99. The van der Waals surface area contributed by atoms with Crippen LogP contribution in [0.1, 0.15) is 18.3 Å². The Morgan fingerprint density at radius 1 is 1.31 bits per heavy atom. The molecule has 16 heavy (non-hydrogen) atoms. The highest BCUT2D eigenvalue weighted by atomic mass is 19.1. The van der Waals surface area contributed by atoms with E-state index in [-0.39, 0.29) is 0 Å². The molecule has 0 aromatic carbocycles. The van der Waals surface area contributed by atoms with Gasteiger partial charge in [-0.3, -0.25) is 0 Å². The van der Waals surface area contributed by atoms with Gasteiger partial charge < -0.3 is 0 Å². The maximum absolute atomic E-state index is 12.9. The summed E-state index contributed by atoms with van der Waals surface area (Å²) >= 11 is 0. The van der Waals surface area contributed by atoms with Gasteiger partial charge in [-0.05, 0) is 32.9 Å². The van der Waals surface area contributed by atoms with Crippen molar-refractivity contribution in [1.82, 2.24) is 20.0 Å². The van der Waals surface area contributed by atoms with Crippen LogP contribution in [-0.2, 0) is 6.54 Å². The molecule has 0 amide bonds. The van der Waals surface area contributed by atoms with Crippen molar-refractivity contribution in [2.45, 2.75) is 27.3 Å². The highest BCUT2D eigenvalue weighted by molar-refractivity contribution is 5.63. The van der Waals surface area contributed by atoms with Crippen LogP contribution in [0.5, 0.6) is 0 Å². The van der Waals surface area contributed by atoms with E-state index >= 15 is 0 Å². The van der Waals surface area contributed by atoms with Crippen molar-refractivity contribution in [1.29, 1.82) is 0 Å². The van der Waals surface area contributed by atoms with Crippen LogP contribution >= 0.6 is 0 Å². The van der Waals surface area contributed by atoms with Crippen molar-refractivity contribution in [3.8, 4) is 11.3 Å². The zero-order valence-corrected chi connectivity index (χ0v) is 9.53. The number of halogens is 1. The summed E-state index contributed by atoms with van der Waals surface area (Å²) in [6.45, 7) is 6.48. The molecule has 84 valence electrons. The predicted molar refractivity (Wildman–Crippen MR) is 58.4 cm³/mol. The SMILES string of the molecule is CCn1nnc(-c2ccc(F)nc2C)c1C. The van der Waals surface area contributed by atoms with Gasteiger partial charge in [0.2, 0.25) is 5.95 Å². The molecule has 2 aromatic rings. The van der Waals surface area contributed by atoms with Gasteiger partial charge in [-0.1, -0.05) is 5.21 Å². The summed E-state index contributed by atoms with van der Waals surface area (Å²) in [6.07, 6.45) is 0. The van der Waals surface area contributed by atoms with E-state index in [4.69, 9.17) is 0 Å². The lowest BCUT2D eigenvalue weighted by atomic mass is 10.1. The molecule has 0 saturated heterocycles. The average Bonchev–Trinajstić information content (AvgIpc) is 2.60. The number of hydrogen-bond donors (Lipinski definition) is 0. The molecule has 0 aliphatic carbocycles. The Bertz CT molecular complexity index is 519. The van der Waals surface area contributed by atoms with Crippen LogP contribution in [0.15, 0.2) is 12.1 Å². The molecule has 0 atom stereocenters. The number of hydrogen-bond acceptors (Lipinski definition) is 3. The van der Waals surface area contributed by atoms with Crippen LogP contribution in [0, 0.1) is 19.8 Å². The van der Waals surface area contributed by atoms with Crippen molar-refractivity contribution >= 4 is 0 Å². The van der Waals surface area contributed by atoms with Crippen LogP contribution in [0.2, 0.25) is 0 Å². The van der Waals surface area contributed by atoms with Gasteiger partial charge >= 0.3 is 0 Å². The largest absolute Gasteiger partial charge is 0.249 e. The van der Waals surface area contributed by atoms with Gasteiger partial charge in [0.1, 0.15) is 5.69 Å².